The summed E-state index contributed by atoms with van der Waals surface area (Å²) in [5, 5.41) is 0. The van der Waals surface area contributed by atoms with Gasteiger partial charge in [0, 0.05) is 51.7 Å². The molecule has 2 saturated heterocycles. The molecule has 0 bridgehead atoms. The van der Waals surface area contributed by atoms with Gasteiger partial charge in [-0.25, -0.2) is 15.0 Å². The van der Waals surface area contributed by atoms with Crippen LogP contribution >= 0.6 is 0 Å². The van der Waals surface area contributed by atoms with E-state index < -0.39 is 0 Å². The molecule has 2 aliphatic rings. The number of anilines is 2. The van der Waals surface area contributed by atoms with E-state index in [4.69, 9.17) is 0 Å². The van der Waals surface area contributed by atoms with Crippen molar-refractivity contribution in [1.82, 2.24) is 19.9 Å². The Morgan fingerprint density at radius 2 is 1.56 bits per heavy atom. The minimum Gasteiger partial charge on any atom is -0.370 e. The molecule has 0 radical (unpaired) electrons. The molecule has 130 valence electrons. The molecule has 2 aliphatic heterocycles. The van der Waals surface area contributed by atoms with Crippen molar-refractivity contribution >= 4 is 17.5 Å². The third-order valence-corrected chi connectivity index (χ3v) is 4.84. The predicted octanol–water partition coefficient (Wildman–Crippen LogP) is 1.43. The molecule has 2 aromatic rings. The van der Waals surface area contributed by atoms with Gasteiger partial charge in [0.15, 0.2) is 0 Å². The summed E-state index contributed by atoms with van der Waals surface area (Å²) in [6.45, 7) is 4.96. The van der Waals surface area contributed by atoms with E-state index in [-0.39, 0.29) is 5.91 Å². The molecule has 0 spiro atoms. The molecule has 0 N–H and O–H groups in total. The van der Waals surface area contributed by atoms with Gasteiger partial charge in [0.25, 0.3) is 5.91 Å². The first kappa shape index (κ1) is 15.8. The molecule has 0 unspecified atom stereocenters. The van der Waals surface area contributed by atoms with Crippen molar-refractivity contribution in [3.8, 4) is 0 Å². The number of rotatable bonds is 3. The fourth-order valence-corrected chi connectivity index (χ4v) is 3.40. The van der Waals surface area contributed by atoms with E-state index in [0.717, 1.165) is 37.8 Å². The molecule has 1 amide bonds. The minimum absolute atomic E-state index is 0.00148. The van der Waals surface area contributed by atoms with Gasteiger partial charge in [-0.2, -0.15) is 0 Å². The smallest absolute Gasteiger partial charge is 0.272 e. The number of carbonyl (C=O) groups is 1. The lowest BCUT2D eigenvalue weighted by Crippen LogP contribution is -2.49. The lowest BCUT2D eigenvalue weighted by Gasteiger charge is -2.34. The number of hydrogen-bond donors (Lipinski definition) is 0. The van der Waals surface area contributed by atoms with Gasteiger partial charge in [-0.05, 0) is 31.0 Å². The van der Waals surface area contributed by atoms with Crippen molar-refractivity contribution < 1.29 is 4.79 Å². The maximum absolute atomic E-state index is 12.7. The third-order valence-electron chi connectivity index (χ3n) is 4.84. The van der Waals surface area contributed by atoms with E-state index in [1.807, 2.05) is 23.2 Å². The molecular weight excluding hydrogens is 316 g/mol. The molecule has 4 rings (SSSR count). The number of pyridine rings is 1. The van der Waals surface area contributed by atoms with Crippen LogP contribution in [-0.4, -0.2) is 65.0 Å². The van der Waals surface area contributed by atoms with E-state index >= 15 is 0 Å². The van der Waals surface area contributed by atoms with E-state index in [0.29, 0.717) is 18.8 Å². The van der Waals surface area contributed by atoms with Gasteiger partial charge in [-0.15, -0.1) is 0 Å². The average Bonchev–Trinajstić information content (AvgIpc) is 3.23. The molecule has 2 aromatic heterocycles. The van der Waals surface area contributed by atoms with Crippen LogP contribution in [0.3, 0.4) is 0 Å². The summed E-state index contributed by atoms with van der Waals surface area (Å²) in [5.41, 5.74) is 1.63. The topological polar surface area (TPSA) is 65.5 Å². The number of carbonyl (C=O) groups excluding carboxylic acids is 1. The molecule has 4 heterocycles. The first-order valence-corrected chi connectivity index (χ1v) is 8.83. The van der Waals surface area contributed by atoms with Crippen LogP contribution in [0.15, 0.2) is 36.8 Å². The second-order valence-corrected chi connectivity index (χ2v) is 6.42. The Labute approximate surface area is 147 Å². The summed E-state index contributed by atoms with van der Waals surface area (Å²) in [5.74, 6) is 0.726. The maximum atomic E-state index is 12.7. The van der Waals surface area contributed by atoms with Gasteiger partial charge in [-0.1, -0.05) is 0 Å². The van der Waals surface area contributed by atoms with Crippen LogP contribution < -0.4 is 9.80 Å². The second kappa shape index (κ2) is 7.04. The highest BCUT2D eigenvalue weighted by Gasteiger charge is 2.24. The zero-order valence-electron chi connectivity index (χ0n) is 14.2. The number of aromatic nitrogens is 3. The van der Waals surface area contributed by atoms with Crippen LogP contribution in [0.25, 0.3) is 0 Å². The zero-order chi connectivity index (χ0) is 17.1. The van der Waals surface area contributed by atoms with Gasteiger partial charge in [0.05, 0.1) is 11.9 Å². The maximum Gasteiger partial charge on any atom is 0.272 e. The summed E-state index contributed by atoms with van der Waals surface area (Å²) in [7, 11) is 0. The first-order valence-electron chi connectivity index (χ1n) is 8.83. The lowest BCUT2D eigenvalue weighted by atomic mass is 10.2. The summed E-state index contributed by atoms with van der Waals surface area (Å²) in [6.07, 6.45) is 7.77. The fraction of sp³-hybridized carbons (Fsp3) is 0.444. The van der Waals surface area contributed by atoms with Crippen LogP contribution in [0.1, 0.15) is 23.3 Å². The summed E-state index contributed by atoms with van der Waals surface area (Å²) >= 11 is 0. The van der Waals surface area contributed by atoms with Gasteiger partial charge in [0.1, 0.15) is 5.69 Å². The molecule has 0 aliphatic carbocycles. The lowest BCUT2D eigenvalue weighted by molar-refractivity contribution is 0.0740. The highest BCUT2D eigenvalue weighted by molar-refractivity contribution is 5.92. The normalized spacial score (nSPS) is 17.8. The number of amides is 1. The highest BCUT2D eigenvalue weighted by atomic mass is 16.2. The Morgan fingerprint density at radius 3 is 2.20 bits per heavy atom. The Kier molecular flexibility index (Phi) is 4.45. The van der Waals surface area contributed by atoms with Gasteiger partial charge in [-0.3, -0.25) is 4.79 Å². The zero-order valence-corrected chi connectivity index (χ0v) is 14.2. The van der Waals surface area contributed by atoms with Crippen LogP contribution in [0.4, 0.5) is 11.6 Å². The molecule has 25 heavy (non-hydrogen) atoms. The van der Waals surface area contributed by atoms with E-state index in [1.54, 1.807) is 18.5 Å². The summed E-state index contributed by atoms with van der Waals surface area (Å²) < 4.78 is 0. The van der Waals surface area contributed by atoms with Gasteiger partial charge >= 0.3 is 0 Å². The van der Waals surface area contributed by atoms with Crippen molar-refractivity contribution in [2.24, 2.45) is 0 Å². The van der Waals surface area contributed by atoms with Crippen LogP contribution in [0, 0.1) is 0 Å². The second-order valence-electron chi connectivity index (χ2n) is 6.42. The molecule has 2 fully saturated rings. The molecule has 7 nitrogen and oxygen atoms in total. The highest BCUT2D eigenvalue weighted by Crippen LogP contribution is 2.19. The monoisotopic (exact) mass is 338 g/mol. The molecule has 0 saturated carbocycles. The van der Waals surface area contributed by atoms with Crippen molar-refractivity contribution in [2.75, 3.05) is 49.1 Å². The number of hydrogen-bond acceptors (Lipinski definition) is 6. The van der Waals surface area contributed by atoms with Crippen molar-refractivity contribution in [3.63, 3.8) is 0 Å². The average molecular weight is 338 g/mol. The predicted molar refractivity (Wildman–Crippen MR) is 95.8 cm³/mol. The molecule has 0 aromatic carbocycles. The summed E-state index contributed by atoms with van der Waals surface area (Å²) in [4.78, 5) is 31.9. The largest absolute Gasteiger partial charge is 0.370 e. The Balaban J connectivity index is 1.37. The van der Waals surface area contributed by atoms with Crippen LogP contribution in [-0.2, 0) is 0 Å². The van der Waals surface area contributed by atoms with E-state index in [9.17, 15) is 4.79 Å². The number of piperazine rings is 1. The third kappa shape index (κ3) is 3.40. The van der Waals surface area contributed by atoms with Crippen molar-refractivity contribution in [3.05, 3.63) is 42.5 Å². The first-order chi connectivity index (χ1) is 12.3. The molecule has 0 atom stereocenters. The van der Waals surface area contributed by atoms with E-state index in [1.165, 1.54) is 12.8 Å². The Morgan fingerprint density at radius 1 is 0.840 bits per heavy atom. The minimum atomic E-state index is 0.00148. The van der Waals surface area contributed by atoms with Crippen molar-refractivity contribution in [2.45, 2.75) is 12.8 Å². The standard InChI is InChI=1S/C18H22N6O/c25-17(16-5-4-15(14-21-16)22-8-1-2-9-22)23-10-12-24(13-11-23)18-19-6-3-7-20-18/h3-7,14H,1-2,8-13H2. The summed E-state index contributed by atoms with van der Waals surface area (Å²) in [6, 6.07) is 5.67. The van der Waals surface area contributed by atoms with Gasteiger partial charge in [0.2, 0.25) is 5.95 Å². The quantitative estimate of drug-likeness (QED) is 0.844. The number of nitrogens with zero attached hydrogens (tertiary/aromatic N) is 6. The Hall–Kier alpha value is -2.70. The van der Waals surface area contributed by atoms with Crippen molar-refractivity contribution in [1.29, 1.82) is 0 Å². The van der Waals surface area contributed by atoms with Gasteiger partial charge < -0.3 is 14.7 Å². The van der Waals surface area contributed by atoms with Crippen LogP contribution in [0.5, 0.6) is 0 Å². The Bertz CT molecular complexity index is 706. The SMILES string of the molecule is O=C(c1ccc(N2CCCC2)cn1)N1CCN(c2ncccn2)CC1. The molecular formula is C18H22N6O. The fourth-order valence-electron chi connectivity index (χ4n) is 3.40. The molecule has 7 heteroatoms. The van der Waals surface area contributed by atoms with Crippen LogP contribution in [0.2, 0.25) is 0 Å². The van der Waals surface area contributed by atoms with E-state index in [2.05, 4.69) is 24.8 Å².